The van der Waals surface area contributed by atoms with Gasteiger partial charge in [-0.3, -0.25) is 9.59 Å². The summed E-state index contributed by atoms with van der Waals surface area (Å²) in [4.78, 5) is 28.0. The maximum Gasteiger partial charge on any atom is 0.305 e. The first-order valence-corrected chi connectivity index (χ1v) is 9.02. The molecular weight excluding hydrogens is 306 g/mol. The minimum Gasteiger partial charge on any atom is -0.464 e. The largest absolute Gasteiger partial charge is 0.464 e. The Morgan fingerprint density at radius 2 is 1.67 bits per heavy atom. The van der Waals surface area contributed by atoms with Crippen LogP contribution in [0.15, 0.2) is 4.99 Å². The monoisotopic (exact) mass is 344 g/mol. The highest BCUT2D eigenvalue weighted by Gasteiger charge is 2.07. The van der Waals surface area contributed by atoms with Crippen LogP contribution >= 0.6 is 0 Å². The number of amides is 1. The Kier molecular flexibility index (Phi) is 10.8. The van der Waals surface area contributed by atoms with Crippen LogP contribution in [0, 0.1) is 0 Å². The van der Waals surface area contributed by atoms with Gasteiger partial charge in [0.2, 0.25) is 5.91 Å². The molecular formula is C18H35N3O3. The Morgan fingerprint density at radius 3 is 2.25 bits per heavy atom. The Balaban J connectivity index is 4.47. The van der Waals surface area contributed by atoms with Crippen LogP contribution in [0.5, 0.6) is 0 Å². The van der Waals surface area contributed by atoms with Gasteiger partial charge in [0.25, 0.3) is 0 Å². The number of hydrogen-bond donors (Lipinski definition) is 1. The van der Waals surface area contributed by atoms with Crippen molar-refractivity contribution in [1.82, 2.24) is 4.90 Å². The molecule has 0 aromatic carbocycles. The average molecular weight is 345 g/mol. The second-order valence-corrected chi connectivity index (χ2v) is 5.86. The van der Waals surface area contributed by atoms with E-state index in [0.29, 0.717) is 12.8 Å². The third-order valence-corrected chi connectivity index (χ3v) is 3.57. The molecule has 0 spiro atoms. The summed E-state index contributed by atoms with van der Waals surface area (Å²) >= 11 is 0. The number of esters is 1. The fourth-order valence-electron chi connectivity index (χ4n) is 2.08. The van der Waals surface area contributed by atoms with Crippen molar-refractivity contribution >= 4 is 17.8 Å². The number of aliphatic imine (C=N–C) groups is 1. The molecule has 0 bridgehead atoms. The van der Waals surface area contributed by atoms with Gasteiger partial charge in [-0.15, -0.1) is 0 Å². The molecule has 0 saturated carbocycles. The summed E-state index contributed by atoms with van der Waals surface area (Å²) in [5.41, 5.74) is 5.72. The molecule has 0 rings (SSSR count). The van der Waals surface area contributed by atoms with E-state index in [2.05, 4.69) is 18.8 Å². The van der Waals surface area contributed by atoms with Crippen LogP contribution in [0.4, 0.5) is 0 Å². The summed E-state index contributed by atoms with van der Waals surface area (Å²) in [7, 11) is 0. The number of guanidine groups is 1. The van der Waals surface area contributed by atoms with Gasteiger partial charge < -0.3 is 15.4 Å². The van der Waals surface area contributed by atoms with Crippen LogP contribution in [0.2, 0.25) is 0 Å². The molecule has 1 amide bonds. The summed E-state index contributed by atoms with van der Waals surface area (Å²) in [6, 6.07) is 0. The quantitative estimate of drug-likeness (QED) is 0.240. The van der Waals surface area contributed by atoms with Crippen molar-refractivity contribution in [2.75, 3.05) is 20.1 Å². The van der Waals surface area contributed by atoms with Crippen molar-refractivity contribution in [2.45, 2.75) is 78.1 Å². The molecule has 0 radical (unpaired) electrons. The number of likely N-dealkylation sites (N-methyl/N-ethyl adjacent to an activating group) is 1. The number of nitrogens with zero attached hydrogens (tertiary/aromatic N) is 2. The fourth-order valence-corrected chi connectivity index (χ4v) is 2.08. The minimum absolute atomic E-state index is 0.119. The zero-order valence-electron chi connectivity index (χ0n) is 18.2. The first-order valence-electron chi connectivity index (χ1n) is 10.5. The van der Waals surface area contributed by atoms with Gasteiger partial charge in [-0.05, 0) is 12.8 Å². The van der Waals surface area contributed by atoms with E-state index in [1.165, 1.54) is 0 Å². The topological polar surface area (TPSA) is 85.0 Å². The molecule has 6 heteroatoms. The summed E-state index contributed by atoms with van der Waals surface area (Å²) in [6.45, 7) is 1.33. The lowest BCUT2D eigenvalue weighted by atomic mass is 10.1. The Labute approximate surface area is 151 Å². The van der Waals surface area contributed by atoms with Gasteiger partial charge in [0, 0.05) is 23.9 Å². The van der Waals surface area contributed by atoms with Gasteiger partial charge in [0.15, 0.2) is 5.96 Å². The van der Waals surface area contributed by atoms with E-state index in [-0.39, 0.29) is 31.5 Å². The third kappa shape index (κ3) is 12.9. The first kappa shape index (κ1) is 17.2. The van der Waals surface area contributed by atoms with Crippen molar-refractivity contribution in [3.8, 4) is 0 Å². The van der Waals surface area contributed by atoms with E-state index in [9.17, 15) is 9.59 Å². The van der Waals surface area contributed by atoms with Crippen LogP contribution in [-0.4, -0.2) is 42.9 Å². The zero-order chi connectivity index (χ0) is 20.7. The highest BCUT2D eigenvalue weighted by Crippen LogP contribution is 2.04. The highest BCUT2D eigenvalue weighted by molar-refractivity contribution is 5.92. The summed E-state index contributed by atoms with van der Waals surface area (Å²) in [5.74, 6) is -1.17. The minimum atomic E-state index is -2.57. The zero-order valence-corrected chi connectivity index (χ0v) is 15.2. The molecule has 0 aliphatic heterocycles. The Hall–Kier alpha value is -1.59. The maximum absolute atomic E-state index is 11.8. The Bertz CT molecular complexity index is 469. The van der Waals surface area contributed by atoms with Crippen LogP contribution in [0.3, 0.4) is 0 Å². The molecule has 2 N–H and O–H groups in total. The number of ether oxygens (including phenoxy) is 1. The number of nitrogens with two attached hydrogens (primary N) is 1. The first-order chi connectivity index (χ1) is 12.7. The normalized spacial score (nSPS) is 13.8. The van der Waals surface area contributed by atoms with E-state index in [4.69, 9.17) is 14.6 Å². The molecule has 0 unspecified atom stereocenters. The molecule has 0 aromatic heterocycles. The van der Waals surface area contributed by atoms with Crippen LogP contribution in [0.25, 0.3) is 0 Å². The molecule has 0 heterocycles. The van der Waals surface area contributed by atoms with Crippen molar-refractivity contribution in [1.29, 1.82) is 0 Å². The molecule has 0 aromatic rings. The third-order valence-electron chi connectivity index (χ3n) is 3.57. The van der Waals surface area contributed by atoms with Crippen molar-refractivity contribution < 1.29 is 18.4 Å². The van der Waals surface area contributed by atoms with Gasteiger partial charge in [-0.2, -0.15) is 4.99 Å². The average Bonchev–Trinajstić information content (AvgIpc) is 2.58. The summed E-state index contributed by atoms with van der Waals surface area (Å²) < 4.78 is 27.7. The van der Waals surface area contributed by atoms with Gasteiger partial charge in [-0.1, -0.05) is 52.4 Å². The van der Waals surface area contributed by atoms with Crippen molar-refractivity contribution in [3.05, 3.63) is 0 Å². The predicted octanol–water partition coefficient (Wildman–Crippen LogP) is 3.24. The smallest absolute Gasteiger partial charge is 0.305 e. The lowest BCUT2D eigenvalue weighted by Crippen LogP contribution is -2.37. The van der Waals surface area contributed by atoms with E-state index in [1.54, 1.807) is 0 Å². The molecule has 0 aliphatic carbocycles. The standard InChI is InChI=1S/C18H35N3O3/c1-4-6-8-10-12-16(22)20-18(19)21(3)14-15-24-17(23)13-11-9-7-5-2/h4-15H2,1-3H3,(H2,19,20,22)/i3D3. The van der Waals surface area contributed by atoms with Crippen molar-refractivity contribution in [2.24, 2.45) is 10.7 Å². The Morgan fingerprint density at radius 1 is 1.04 bits per heavy atom. The van der Waals surface area contributed by atoms with E-state index in [0.717, 1.165) is 49.8 Å². The number of hydrogen-bond acceptors (Lipinski definition) is 3. The second-order valence-electron chi connectivity index (χ2n) is 5.86. The summed E-state index contributed by atoms with van der Waals surface area (Å²) in [6.07, 6.45) is 8.15. The van der Waals surface area contributed by atoms with E-state index in [1.807, 2.05) is 0 Å². The lowest BCUT2D eigenvalue weighted by Gasteiger charge is -2.17. The number of carbonyl (C=O) groups excluding carboxylic acids is 2. The predicted molar refractivity (Wildman–Crippen MR) is 97.7 cm³/mol. The molecule has 0 saturated heterocycles. The number of unbranched alkanes of at least 4 members (excludes halogenated alkanes) is 6. The SMILES string of the molecule is [2H]C([2H])([2H])N(CCOC(=O)CCCCCC)C(N)=NC(=O)CCCCCC. The molecule has 0 atom stereocenters. The van der Waals surface area contributed by atoms with E-state index >= 15 is 0 Å². The molecule has 0 aliphatic rings. The molecule has 24 heavy (non-hydrogen) atoms. The molecule has 140 valence electrons. The van der Waals surface area contributed by atoms with Crippen molar-refractivity contribution in [3.63, 3.8) is 0 Å². The van der Waals surface area contributed by atoms with Crippen LogP contribution in [0.1, 0.15) is 82.2 Å². The number of rotatable bonds is 13. The lowest BCUT2D eigenvalue weighted by molar-refractivity contribution is -0.144. The molecule has 0 fully saturated rings. The van der Waals surface area contributed by atoms with Crippen LogP contribution < -0.4 is 5.73 Å². The van der Waals surface area contributed by atoms with Gasteiger partial charge in [0.1, 0.15) is 6.61 Å². The van der Waals surface area contributed by atoms with Gasteiger partial charge in [-0.25, -0.2) is 0 Å². The van der Waals surface area contributed by atoms with Gasteiger partial charge >= 0.3 is 5.97 Å². The van der Waals surface area contributed by atoms with E-state index < -0.39 is 12.9 Å². The number of carbonyl (C=O) groups is 2. The van der Waals surface area contributed by atoms with Crippen LogP contribution in [-0.2, 0) is 14.3 Å². The second kappa shape index (κ2) is 15.0. The summed E-state index contributed by atoms with van der Waals surface area (Å²) in [5, 5.41) is 0. The maximum atomic E-state index is 11.8. The fraction of sp³-hybridized carbons (Fsp3) is 0.833. The highest BCUT2D eigenvalue weighted by atomic mass is 16.5. The molecule has 6 nitrogen and oxygen atoms in total. The van der Waals surface area contributed by atoms with Gasteiger partial charge in [0.05, 0.1) is 6.54 Å².